The fourth-order valence-corrected chi connectivity index (χ4v) is 6.45. The summed E-state index contributed by atoms with van der Waals surface area (Å²) >= 11 is 1.38. The van der Waals surface area contributed by atoms with Crippen molar-refractivity contribution in [3.63, 3.8) is 0 Å². The van der Waals surface area contributed by atoms with E-state index < -0.39 is 21.7 Å². The molecule has 0 aliphatic carbocycles. The molecule has 4 heterocycles. The normalized spacial score (nSPS) is 15.6. The first-order valence-corrected chi connectivity index (χ1v) is 14.5. The molecule has 0 atom stereocenters. The number of fused-ring (bicyclic) bond motifs is 1. The van der Waals surface area contributed by atoms with Crippen molar-refractivity contribution >= 4 is 38.0 Å². The second-order valence-corrected chi connectivity index (χ2v) is 11.9. The molecule has 1 aliphatic rings. The molecule has 0 unspecified atom stereocenters. The van der Waals surface area contributed by atoms with Gasteiger partial charge in [0.05, 0.1) is 17.6 Å². The molecular formula is C25H27F2N5O2S2. The number of sulfonamides is 1. The van der Waals surface area contributed by atoms with Gasteiger partial charge in [0.2, 0.25) is 10.0 Å². The van der Waals surface area contributed by atoms with E-state index in [-0.39, 0.29) is 11.5 Å². The minimum atomic E-state index is -3.17. The van der Waals surface area contributed by atoms with Gasteiger partial charge in [-0.2, -0.15) is 0 Å². The molecule has 36 heavy (non-hydrogen) atoms. The molecule has 11 heteroatoms. The van der Waals surface area contributed by atoms with Crippen LogP contribution in [-0.2, 0) is 16.4 Å². The van der Waals surface area contributed by atoms with Crippen molar-refractivity contribution in [3.05, 3.63) is 64.8 Å². The number of nitrogens with zero attached hydrogens (tertiary/aromatic N) is 5. The largest absolute Gasteiger partial charge is 0.305 e. The standard InChI is InChI=1S/C25H27F2N5O2S2/c1-4-21-24(30(2)25-29-22(15-35-25)19-7-6-18(26)13-20(19)27)32-14-17(5-8-23(32)28-21)16-9-11-31(12-10-16)36(3,33)34/h5-8,13-16H,4,9-12H2,1-3H3. The average Bonchev–Trinajstić information content (AvgIpc) is 3.48. The number of hydrogen-bond donors (Lipinski definition) is 0. The van der Waals surface area contributed by atoms with Gasteiger partial charge in [0.1, 0.15) is 23.1 Å². The fourth-order valence-electron chi connectivity index (χ4n) is 4.78. The molecule has 0 amide bonds. The number of imidazole rings is 1. The average molecular weight is 532 g/mol. The molecule has 7 nitrogen and oxygen atoms in total. The minimum Gasteiger partial charge on any atom is -0.305 e. The maximum atomic E-state index is 14.3. The summed E-state index contributed by atoms with van der Waals surface area (Å²) in [5.74, 6) is -0.139. The van der Waals surface area contributed by atoms with Gasteiger partial charge in [-0.25, -0.2) is 31.5 Å². The molecular weight excluding hydrogens is 504 g/mol. The van der Waals surface area contributed by atoms with E-state index in [1.54, 1.807) is 5.38 Å². The van der Waals surface area contributed by atoms with E-state index in [2.05, 4.69) is 21.6 Å². The van der Waals surface area contributed by atoms with Gasteiger partial charge in [-0.1, -0.05) is 13.0 Å². The summed E-state index contributed by atoms with van der Waals surface area (Å²) in [5, 5.41) is 2.43. The van der Waals surface area contributed by atoms with Crippen molar-refractivity contribution in [1.29, 1.82) is 0 Å². The Morgan fingerprint density at radius 3 is 2.56 bits per heavy atom. The van der Waals surface area contributed by atoms with Crippen LogP contribution in [0, 0.1) is 11.6 Å². The summed E-state index contributed by atoms with van der Waals surface area (Å²) in [6.07, 6.45) is 5.58. The Hall–Kier alpha value is -2.89. The third kappa shape index (κ3) is 4.62. The maximum absolute atomic E-state index is 14.3. The number of aromatic nitrogens is 3. The molecule has 1 fully saturated rings. The molecule has 5 rings (SSSR count). The van der Waals surface area contributed by atoms with Crippen LogP contribution in [0.5, 0.6) is 0 Å². The Kier molecular flexibility index (Phi) is 6.56. The highest BCUT2D eigenvalue weighted by atomic mass is 32.2. The van der Waals surface area contributed by atoms with Gasteiger partial charge >= 0.3 is 0 Å². The van der Waals surface area contributed by atoms with Crippen molar-refractivity contribution in [2.24, 2.45) is 0 Å². The van der Waals surface area contributed by atoms with Gasteiger partial charge in [-0.05, 0) is 48.9 Å². The molecule has 1 aromatic carbocycles. The minimum absolute atomic E-state index is 0.254. The highest BCUT2D eigenvalue weighted by Gasteiger charge is 2.27. The molecule has 1 aliphatic heterocycles. The lowest BCUT2D eigenvalue weighted by molar-refractivity contribution is 0.321. The summed E-state index contributed by atoms with van der Waals surface area (Å²) in [6, 6.07) is 7.56. The number of halogens is 2. The number of thiazole rings is 1. The third-order valence-corrected chi connectivity index (χ3v) is 8.94. The zero-order valence-electron chi connectivity index (χ0n) is 20.3. The van der Waals surface area contributed by atoms with Crippen molar-refractivity contribution in [3.8, 4) is 11.3 Å². The fraction of sp³-hybridized carbons (Fsp3) is 0.360. The SMILES string of the molecule is CCc1nc2ccc(C3CCN(S(C)(=O)=O)CC3)cn2c1N(C)c1nc(-c2ccc(F)cc2F)cs1. The molecule has 0 bridgehead atoms. The Balaban J connectivity index is 1.47. The summed E-state index contributed by atoms with van der Waals surface area (Å²) in [5.41, 5.74) is 3.56. The summed E-state index contributed by atoms with van der Waals surface area (Å²) in [6.45, 7) is 3.07. The monoisotopic (exact) mass is 531 g/mol. The van der Waals surface area contributed by atoms with Crippen molar-refractivity contribution < 1.29 is 17.2 Å². The number of anilines is 2. The van der Waals surface area contributed by atoms with Gasteiger partial charge in [0.15, 0.2) is 5.13 Å². The van der Waals surface area contributed by atoms with Crippen molar-refractivity contribution in [2.45, 2.75) is 32.1 Å². The van der Waals surface area contributed by atoms with Crippen LogP contribution < -0.4 is 4.90 Å². The first-order valence-electron chi connectivity index (χ1n) is 11.8. The number of pyridine rings is 1. The van der Waals surface area contributed by atoms with E-state index in [1.165, 1.54) is 34.0 Å². The van der Waals surface area contributed by atoms with E-state index in [4.69, 9.17) is 4.98 Å². The number of hydrogen-bond acceptors (Lipinski definition) is 6. The molecule has 4 aromatic rings. The molecule has 0 saturated carbocycles. The van der Waals surface area contributed by atoms with Crippen molar-refractivity contribution in [1.82, 2.24) is 18.7 Å². The zero-order chi connectivity index (χ0) is 25.6. The molecule has 0 N–H and O–H groups in total. The second-order valence-electron chi connectivity index (χ2n) is 9.06. The highest BCUT2D eigenvalue weighted by molar-refractivity contribution is 7.88. The smallest absolute Gasteiger partial charge is 0.211 e. The van der Waals surface area contributed by atoms with Gasteiger partial charge in [0, 0.05) is 43.3 Å². The Morgan fingerprint density at radius 1 is 1.14 bits per heavy atom. The van der Waals surface area contributed by atoms with Crippen LogP contribution in [0.3, 0.4) is 0 Å². The molecule has 190 valence electrons. The van der Waals surface area contributed by atoms with E-state index in [0.717, 1.165) is 41.6 Å². The van der Waals surface area contributed by atoms with Crippen LogP contribution in [-0.4, -0.2) is 53.5 Å². The second kappa shape index (κ2) is 9.53. The van der Waals surface area contributed by atoms with E-state index >= 15 is 0 Å². The van der Waals surface area contributed by atoms with Gasteiger partial charge in [-0.3, -0.25) is 4.40 Å². The van der Waals surface area contributed by atoms with Crippen LogP contribution >= 0.6 is 11.3 Å². The third-order valence-electron chi connectivity index (χ3n) is 6.72. The lowest BCUT2D eigenvalue weighted by Gasteiger charge is -2.30. The zero-order valence-corrected chi connectivity index (χ0v) is 21.9. The van der Waals surface area contributed by atoms with Crippen LogP contribution in [0.2, 0.25) is 0 Å². The molecule has 3 aromatic heterocycles. The number of rotatable bonds is 6. The maximum Gasteiger partial charge on any atom is 0.211 e. The predicted molar refractivity (Wildman–Crippen MR) is 138 cm³/mol. The van der Waals surface area contributed by atoms with Crippen LogP contribution in [0.1, 0.15) is 36.9 Å². The number of aryl methyl sites for hydroxylation is 1. The predicted octanol–water partition coefficient (Wildman–Crippen LogP) is 5.21. The lowest BCUT2D eigenvalue weighted by atomic mass is 9.91. The van der Waals surface area contributed by atoms with Crippen molar-refractivity contribution in [2.75, 3.05) is 31.3 Å². The van der Waals surface area contributed by atoms with E-state index in [9.17, 15) is 17.2 Å². The number of piperidine rings is 1. The topological polar surface area (TPSA) is 70.8 Å². The van der Waals surface area contributed by atoms with Gasteiger partial charge in [-0.15, -0.1) is 11.3 Å². The Bertz CT molecular complexity index is 1520. The summed E-state index contributed by atoms with van der Waals surface area (Å²) in [4.78, 5) is 11.4. The first kappa shape index (κ1) is 24.8. The molecule has 0 spiro atoms. The first-order chi connectivity index (χ1) is 17.2. The highest BCUT2D eigenvalue weighted by Crippen LogP contribution is 2.36. The van der Waals surface area contributed by atoms with E-state index in [1.807, 2.05) is 24.9 Å². The van der Waals surface area contributed by atoms with Crippen LogP contribution in [0.25, 0.3) is 16.9 Å². The van der Waals surface area contributed by atoms with Gasteiger partial charge < -0.3 is 4.90 Å². The Labute approximate surface area is 213 Å². The van der Waals surface area contributed by atoms with Crippen LogP contribution in [0.15, 0.2) is 41.9 Å². The van der Waals surface area contributed by atoms with Crippen LogP contribution in [0.4, 0.5) is 19.7 Å². The molecule has 1 saturated heterocycles. The summed E-state index contributed by atoms with van der Waals surface area (Å²) in [7, 11) is -1.27. The van der Waals surface area contributed by atoms with E-state index in [0.29, 0.717) is 30.3 Å². The molecule has 0 radical (unpaired) electrons. The quantitative estimate of drug-likeness (QED) is 0.342. The lowest BCUT2D eigenvalue weighted by Crippen LogP contribution is -2.37. The summed E-state index contributed by atoms with van der Waals surface area (Å²) < 4.78 is 55.0. The Morgan fingerprint density at radius 2 is 1.89 bits per heavy atom. The van der Waals surface area contributed by atoms with Gasteiger partial charge in [0.25, 0.3) is 0 Å². The number of benzene rings is 1.